The molecule has 4 nitrogen and oxygen atoms in total. The van der Waals surface area contributed by atoms with Crippen LogP contribution in [-0.2, 0) is 9.59 Å². The third-order valence-electron chi connectivity index (χ3n) is 3.56. The average Bonchev–Trinajstić information content (AvgIpc) is 2.70. The van der Waals surface area contributed by atoms with Crippen molar-refractivity contribution in [1.29, 1.82) is 0 Å². The first kappa shape index (κ1) is 20.5. The van der Waals surface area contributed by atoms with Crippen LogP contribution in [0.1, 0.15) is 0 Å². The van der Waals surface area contributed by atoms with E-state index in [0.717, 1.165) is 0 Å². The van der Waals surface area contributed by atoms with Gasteiger partial charge in [-0.15, -0.1) is 0 Å². The van der Waals surface area contributed by atoms with Gasteiger partial charge in [-0.25, -0.2) is 9.59 Å². The molecule has 3 aromatic carbocycles. The van der Waals surface area contributed by atoms with Gasteiger partial charge in [0.15, 0.2) is 0 Å². The molecule has 3 aromatic rings. The molecule has 0 bridgehead atoms. The summed E-state index contributed by atoms with van der Waals surface area (Å²) >= 11 is -1.98. The van der Waals surface area contributed by atoms with Crippen LogP contribution in [0.3, 0.4) is 0 Å². The standard InChI is InChI=1S/3C6H5.C4H4O4.Sn/c3*1-2-4-6-5-3-1;5-3(6)1-2-4(7)8;/h3*1-5H;1-2H,(H,5,6)(H,7,8);/b;;;2-1-;. The Morgan fingerprint density at radius 3 is 1.04 bits per heavy atom. The Hall–Kier alpha value is -2.86. The number of carboxylic acid groups (broad SMARTS) is 2. The van der Waals surface area contributed by atoms with E-state index in [9.17, 15) is 9.59 Å². The zero-order chi connectivity index (χ0) is 19.5. The normalized spacial score (nSPS) is 10.3. The summed E-state index contributed by atoms with van der Waals surface area (Å²) in [6.07, 6.45) is 1.12. The van der Waals surface area contributed by atoms with Gasteiger partial charge in [-0.3, -0.25) is 0 Å². The van der Waals surface area contributed by atoms with E-state index in [0.29, 0.717) is 12.2 Å². The van der Waals surface area contributed by atoms with E-state index in [-0.39, 0.29) is 0 Å². The van der Waals surface area contributed by atoms with Crippen LogP contribution < -0.4 is 10.7 Å². The maximum absolute atomic E-state index is 9.55. The van der Waals surface area contributed by atoms with Crippen LogP contribution in [0.2, 0.25) is 0 Å². The fraction of sp³-hybridized carbons (Fsp3) is 0. The summed E-state index contributed by atoms with van der Waals surface area (Å²) in [4.78, 5) is 19.1. The van der Waals surface area contributed by atoms with Gasteiger partial charge in [0.25, 0.3) is 0 Å². The molecule has 0 heterocycles. The van der Waals surface area contributed by atoms with Crippen molar-refractivity contribution in [2.45, 2.75) is 0 Å². The van der Waals surface area contributed by atoms with Crippen LogP contribution in [0, 0.1) is 0 Å². The molecule has 0 aliphatic heterocycles. The van der Waals surface area contributed by atoms with Gasteiger partial charge >= 0.3 is 133 Å². The Morgan fingerprint density at radius 1 is 0.556 bits per heavy atom. The molecule has 0 aliphatic rings. The minimum absolute atomic E-state index is 0.558. The quantitative estimate of drug-likeness (QED) is 0.446. The molecule has 3 rings (SSSR count). The maximum atomic E-state index is 9.55. The van der Waals surface area contributed by atoms with Crippen LogP contribution >= 0.6 is 0 Å². The Morgan fingerprint density at radius 2 is 0.815 bits per heavy atom. The Labute approximate surface area is 165 Å². The van der Waals surface area contributed by atoms with Gasteiger partial charge in [-0.05, 0) is 0 Å². The third-order valence-corrected chi connectivity index (χ3v) is 11.4. The summed E-state index contributed by atoms with van der Waals surface area (Å²) in [5, 5.41) is 15.6. The van der Waals surface area contributed by atoms with Crippen molar-refractivity contribution >= 4 is 42.4 Å². The number of aliphatic carboxylic acids is 2. The predicted molar refractivity (Wildman–Crippen MR) is 108 cm³/mol. The van der Waals surface area contributed by atoms with Crippen molar-refractivity contribution in [3.05, 3.63) is 103 Å². The molecule has 0 unspecified atom stereocenters. The van der Waals surface area contributed by atoms with E-state index in [4.69, 9.17) is 10.2 Å². The first-order valence-corrected chi connectivity index (χ1v) is 12.5. The molecule has 135 valence electrons. The predicted octanol–water partition coefficient (Wildman–Crippen LogP) is 1.91. The molecular formula is C22H19O4Sn. The first-order chi connectivity index (χ1) is 13.1. The van der Waals surface area contributed by atoms with E-state index >= 15 is 0 Å². The number of hydrogen-bond donors (Lipinski definition) is 2. The Kier molecular flexibility index (Phi) is 8.32. The molecule has 0 atom stereocenters. The molecule has 0 aliphatic carbocycles. The van der Waals surface area contributed by atoms with Gasteiger partial charge in [-0.2, -0.15) is 0 Å². The molecule has 0 amide bonds. The van der Waals surface area contributed by atoms with Crippen molar-refractivity contribution in [2.24, 2.45) is 0 Å². The van der Waals surface area contributed by atoms with Gasteiger partial charge in [0, 0.05) is 12.2 Å². The van der Waals surface area contributed by atoms with Gasteiger partial charge in [0.05, 0.1) is 0 Å². The summed E-state index contributed by atoms with van der Waals surface area (Å²) in [7, 11) is 0. The zero-order valence-corrected chi connectivity index (χ0v) is 17.4. The second kappa shape index (κ2) is 11.0. The molecule has 0 spiro atoms. The van der Waals surface area contributed by atoms with Crippen molar-refractivity contribution in [3.63, 3.8) is 0 Å². The van der Waals surface area contributed by atoms with Gasteiger partial charge in [0.1, 0.15) is 0 Å². The summed E-state index contributed by atoms with van der Waals surface area (Å²) in [5.74, 6) is -2.51. The molecule has 2 N–H and O–H groups in total. The molecular weight excluding hydrogens is 447 g/mol. The van der Waals surface area contributed by atoms with Crippen LogP contribution in [0.4, 0.5) is 0 Å². The van der Waals surface area contributed by atoms with E-state index in [2.05, 4.69) is 91.0 Å². The second-order valence-corrected chi connectivity index (χ2v) is 12.6. The molecule has 0 saturated carbocycles. The number of rotatable bonds is 5. The number of hydrogen-bond acceptors (Lipinski definition) is 2. The zero-order valence-electron chi connectivity index (χ0n) is 14.5. The SMILES string of the molecule is O=C(O)/C=C\C(=O)O.c1cc[c]([Sn]([c]2ccccc2)[c]2ccccc2)cc1. The van der Waals surface area contributed by atoms with Gasteiger partial charge in [0.2, 0.25) is 0 Å². The van der Waals surface area contributed by atoms with Crippen molar-refractivity contribution in [2.75, 3.05) is 0 Å². The minimum atomic E-state index is -1.98. The van der Waals surface area contributed by atoms with Crippen LogP contribution in [0.5, 0.6) is 0 Å². The van der Waals surface area contributed by atoms with Gasteiger partial charge in [-0.1, -0.05) is 0 Å². The van der Waals surface area contributed by atoms with Crippen LogP contribution in [0.25, 0.3) is 0 Å². The van der Waals surface area contributed by atoms with Crippen molar-refractivity contribution < 1.29 is 19.8 Å². The van der Waals surface area contributed by atoms with E-state index in [1.807, 2.05) is 0 Å². The molecule has 0 aromatic heterocycles. The van der Waals surface area contributed by atoms with Crippen LogP contribution in [-0.4, -0.2) is 41.9 Å². The monoisotopic (exact) mass is 467 g/mol. The van der Waals surface area contributed by atoms with Crippen molar-refractivity contribution in [1.82, 2.24) is 0 Å². The van der Waals surface area contributed by atoms with E-state index in [1.165, 1.54) is 10.7 Å². The number of carbonyl (C=O) groups is 2. The molecule has 1 radical (unpaired) electrons. The Balaban J connectivity index is 0.000000279. The number of carboxylic acids is 2. The Bertz CT molecular complexity index is 768. The fourth-order valence-electron chi connectivity index (χ4n) is 2.46. The number of benzene rings is 3. The third kappa shape index (κ3) is 7.11. The second-order valence-electron chi connectivity index (χ2n) is 5.48. The molecule has 0 fully saturated rings. The van der Waals surface area contributed by atoms with Gasteiger partial charge < -0.3 is 10.2 Å². The van der Waals surface area contributed by atoms with E-state index < -0.39 is 31.7 Å². The molecule has 5 heteroatoms. The summed E-state index contributed by atoms with van der Waals surface area (Å²) in [5.41, 5.74) is 0. The average molecular weight is 466 g/mol. The summed E-state index contributed by atoms with van der Waals surface area (Å²) in [6, 6.07) is 32.9. The molecule has 0 saturated heterocycles. The first-order valence-electron chi connectivity index (χ1n) is 8.25. The fourth-order valence-corrected chi connectivity index (χ4v) is 9.81. The summed E-state index contributed by atoms with van der Waals surface area (Å²) in [6.45, 7) is 0. The van der Waals surface area contributed by atoms with Crippen molar-refractivity contribution in [3.8, 4) is 0 Å². The van der Waals surface area contributed by atoms with Crippen LogP contribution in [0.15, 0.2) is 103 Å². The summed E-state index contributed by atoms with van der Waals surface area (Å²) < 4.78 is 4.59. The topological polar surface area (TPSA) is 74.6 Å². The van der Waals surface area contributed by atoms with E-state index in [1.54, 1.807) is 0 Å². The molecule has 27 heavy (non-hydrogen) atoms.